The highest BCUT2D eigenvalue weighted by atomic mass is 79.9. The summed E-state index contributed by atoms with van der Waals surface area (Å²) in [5.74, 6) is 0. The Morgan fingerprint density at radius 3 is 2.63 bits per heavy atom. The second kappa shape index (κ2) is 6.30. The van der Waals surface area contributed by atoms with Crippen molar-refractivity contribution < 1.29 is 0 Å². The van der Waals surface area contributed by atoms with Crippen LogP contribution in [0.25, 0.3) is 0 Å². The molecule has 1 aromatic heterocycles. The van der Waals surface area contributed by atoms with Crippen LogP contribution in [0.4, 0.5) is 0 Å². The van der Waals surface area contributed by atoms with Gasteiger partial charge in [0.05, 0.1) is 11.7 Å². The van der Waals surface area contributed by atoms with Crippen molar-refractivity contribution in [3.8, 4) is 0 Å². The summed E-state index contributed by atoms with van der Waals surface area (Å²) in [6.45, 7) is 3.32. The van der Waals surface area contributed by atoms with Crippen molar-refractivity contribution in [2.45, 2.75) is 18.5 Å². The fourth-order valence-corrected chi connectivity index (χ4v) is 3.42. The first-order valence-electron chi connectivity index (χ1n) is 6.65. The van der Waals surface area contributed by atoms with Crippen molar-refractivity contribution in [3.05, 3.63) is 10.3 Å². The molecule has 0 amide bonds. The molecular weight excluding hydrogens is 308 g/mol. The molecule has 2 unspecified atom stereocenters. The molecule has 2 rings (SSSR count). The second-order valence-electron chi connectivity index (χ2n) is 5.32. The summed E-state index contributed by atoms with van der Waals surface area (Å²) in [6, 6.07) is 0.617. The summed E-state index contributed by atoms with van der Waals surface area (Å²) < 4.78 is 2.68. The zero-order valence-electron chi connectivity index (χ0n) is 12.1. The van der Waals surface area contributed by atoms with Crippen molar-refractivity contribution in [3.63, 3.8) is 0 Å². The van der Waals surface area contributed by atoms with E-state index in [2.05, 4.69) is 55.5 Å². The van der Waals surface area contributed by atoms with Crippen molar-refractivity contribution in [1.29, 1.82) is 0 Å². The third-order valence-electron chi connectivity index (χ3n) is 3.93. The van der Waals surface area contributed by atoms with Gasteiger partial charge in [-0.3, -0.25) is 0 Å². The summed E-state index contributed by atoms with van der Waals surface area (Å²) >= 11 is 3.51. The van der Waals surface area contributed by atoms with Crippen LogP contribution in [0.15, 0.2) is 4.60 Å². The first-order chi connectivity index (χ1) is 9.04. The number of halogens is 1. The number of hydrogen-bond donors (Lipinski definition) is 1. The normalized spacial score (nSPS) is 24.4. The van der Waals surface area contributed by atoms with Gasteiger partial charge in [0.15, 0.2) is 4.60 Å². The van der Waals surface area contributed by atoms with E-state index in [4.69, 9.17) is 0 Å². The predicted octanol–water partition coefficient (Wildman–Crippen LogP) is 0.474. The van der Waals surface area contributed by atoms with Crippen LogP contribution < -0.4 is 5.32 Å². The minimum Gasteiger partial charge on any atom is -0.310 e. The average molecular weight is 331 g/mol. The van der Waals surface area contributed by atoms with Crippen LogP contribution >= 0.6 is 15.9 Å². The lowest BCUT2D eigenvalue weighted by Gasteiger charge is -2.34. The number of hydrogen-bond acceptors (Lipinski definition) is 5. The topological polar surface area (TPSA) is 49.2 Å². The Bertz CT molecular complexity index is 401. The van der Waals surface area contributed by atoms with Crippen LogP contribution in [0.2, 0.25) is 0 Å². The molecular formula is C12H23BrN6. The van der Waals surface area contributed by atoms with Gasteiger partial charge >= 0.3 is 0 Å². The van der Waals surface area contributed by atoms with E-state index < -0.39 is 0 Å². The Morgan fingerprint density at radius 1 is 1.32 bits per heavy atom. The van der Waals surface area contributed by atoms with Crippen molar-refractivity contribution in [1.82, 2.24) is 30.1 Å². The molecule has 2 atom stereocenters. The summed E-state index contributed by atoms with van der Waals surface area (Å²) in [5, 5.41) is 11.6. The number of nitrogens with one attached hydrogen (secondary N) is 1. The highest BCUT2D eigenvalue weighted by Crippen LogP contribution is 2.26. The highest BCUT2D eigenvalue weighted by Gasteiger charge is 2.32. The first kappa shape index (κ1) is 14.9. The summed E-state index contributed by atoms with van der Waals surface area (Å²) in [5.41, 5.74) is 1.11. The van der Waals surface area contributed by atoms with E-state index in [-0.39, 0.29) is 6.04 Å². The van der Waals surface area contributed by atoms with Crippen LogP contribution in [-0.2, 0) is 7.05 Å². The van der Waals surface area contributed by atoms with E-state index >= 15 is 0 Å². The average Bonchev–Trinajstić information content (AvgIpc) is 2.60. The lowest BCUT2D eigenvalue weighted by molar-refractivity contribution is 0.178. The summed E-state index contributed by atoms with van der Waals surface area (Å²) in [7, 11) is 8.34. The molecule has 1 fully saturated rings. The minimum absolute atomic E-state index is 0.208. The maximum atomic E-state index is 4.10. The van der Waals surface area contributed by atoms with Gasteiger partial charge in [0.1, 0.15) is 0 Å². The second-order valence-corrected chi connectivity index (χ2v) is 6.07. The van der Waals surface area contributed by atoms with Crippen LogP contribution in [0.5, 0.6) is 0 Å². The Kier molecular flexibility index (Phi) is 4.94. The zero-order valence-corrected chi connectivity index (χ0v) is 13.7. The standard InChI is InChI=1S/C12H23BrN6/c1-14-10(11-12(13)15-16-19(11)4)9-8-17(2)6-5-7-18(9)3/h9-10,14H,5-8H2,1-4H3. The monoisotopic (exact) mass is 330 g/mol. The Labute approximate surface area is 123 Å². The number of nitrogens with zero attached hydrogens (tertiary/aromatic N) is 5. The third-order valence-corrected chi connectivity index (χ3v) is 4.50. The van der Waals surface area contributed by atoms with Gasteiger partial charge in [-0.2, -0.15) is 0 Å². The van der Waals surface area contributed by atoms with E-state index in [9.17, 15) is 0 Å². The van der Waals surface area contributed by atoms with Crippen molar-refractivity contribution in [2.24, 2.45) is 7.05 Å². The van der Waals surface area contributed by atoms with Gasteiger partial charge in [-0.1, -0.05) is 5.21 Å². The smallest absolute Gasteiger partial charge is 0.153 e. The number of aryl methyl sites for hydroxylation is 1. The molecule has 0 saturated carbocycles. The van der Waals surface area contributed by atoms with E-state index in [0.717, 1.165) is 29.9 Å². The molecule has 1 aliphatic rings. The molecule has 0 spiro atoms. The highest BCUT2D eigenvalue weighted by molar-refractivity contribution is 9.10. The lowest BCUT2D eigenvalue weighted by atomic mass is 10.0. The maximum absolute atomic E-state index is 4.10. The van der Waals surface area contributed by atoms with Gasteiger partial charge in [0.2, 0.25) is 0 Å². The molecule has 1 aliphatic heterocycles. The van der Waals surface area contributed by atoms with Gasteiger partial charge in [0.25, 0.3) is 0 Å². The van der Waals surface area contributed by atoms with E-state index in [1.807, 2.05) is 18.8 Å². The molecule has 19 heavy (non-hydrogen) atoms. The quantitative estimate of drug-likeness (QED) is 0.873. The largest absolute Gasteiger partial charge is 0.310 e. The molecule has 2 heterocycles. The first-order valence-corrected chi connectivity index (χ1v) is 7.45. The molecule has 0 aromatic carbocycles. The molecule has 7 heteroatoms. The van der Waals surface area contributed by atoms with Gasteiger partial charge in [-0.25, -0.2) is 4.68 Å². The lowest BCUT2D eigenvalue weighted by Crippen LogP contribution is -2.46. The fraction of sp³-hybridized carbons (Fsp3) is 0.833. The van der Waals surface area contributed by atoms with E-state index in [1.54, 1.807) is 0 Å². The van der Waals surface area contributed by atoms with E-state index in [0.29, 0.717) is 6.04 Å². The molecule has 6 nitrogen and oxygen atoms in total. The predicted molar refractivity (Wildman–Crippen MR) is 79.0 cm³/mol. The molecule has 1 aromatic rings. The van der Waals surface area contributed by atoms with Crippen LogP contribution in [0.1, 0.15) is 18.2 Å². The SMILES string of the molecule is CNC(c1c(Br)nnn1C)C1CN(C)CCCN1C. The number of likely N-dealkylation sites (N-methyl/N-ethyl adjacent to an activating group) is 3. The van der Waals surface area contributed by atoms with Crippen molar-refractivity contribution in [2.75, 3.05) is 40.8 Å². The Balaban J connectivity index is 2.29. The molecule has 1 saturated heterocycles. The maximum Gasteiger partial charge on any atom is 0.153 e. The fourth-order valence-electron chi connectivity index (χ4n) is 2.85. The Morgan fingerprint density at radius 2 is 2.05 bits per heavy atom. The van der Waals surface area contributed by atoms with Gasteiger partial charge in [-0.15, -0.1) is 5.10 Å². The van der Waals surface area contributed by atoms with Gasteiger partial charge in [0, 0.05) is 19.6 Å². The molecule has 0 aliphatic carbocycles. The summed E-state index contributed by atoms with van der Waals surface area (Å²) in [6.07, 6.45) is 1.21. The zero-order chi connectivity index (χ0) is 14.0. The van der Waals surface area contributed by atoms with Gasteiger partial charge in [-0.05, 0) is 56.6 Å². The summed E-state index contributed by atoms with van der Waals surface area (Å²) in [4.78, 5) is 4.83. The molecule has 108 valence electrons. The molecule has 0 bridgehead atoms. The molecule has 0 radical (unpaired) electrons. The van der Waals surface area contributed by atoms with Crippen LogP contribution in [0, 0.1) is 0 Å². The van der Waals surface area contributed by atoms with Gasteiger partial charge < -0.3 is 15.1 Å². The van der Waals surface area contributed by atoms with Crippen LogP contribution in [-0.4, -0.2) is 71.6 Å². The van der Waals surface area contributed by atoms with Crippen molar-refractivity contribution >= 4 is 15.9 Å². The van der Waals surface area contributed by atoms with E-state index in [1.165, 1.54) is 6.42 Å². The number of rotatable bonds is 3. The molecule has 1 N–H and O–H groups in total. The third kappa shape index (κ3) is 3.16. The van der Waals surface area contributed by atoms with Crippen LogP contribution in [0.3, 0.4) is 0 Å². The number of aromatic nitrogens is 3. The minimum atomic E-state index is 0.208. The Hall–Kier alpha value is -0.500.